The lowest BCUT2D eigenvalue weighted by Gasteiger charge is -2.27. The highest BCUT2D eigenvalue weighted by atomic mass is 19.4. The standard InChI is InChI=1S/C12H13F5O2/c1-11(13,14)10(12(15,16)17)19-9(18)8-5-6-2-3-7(8)4-6/h2-3,6-8,10H,4-5H2,1H3. The van der Waals surface area contributed by atoms with Crippen LogP contribution in [0.4, 0.5) is 22.0 Å². The van der Waals surface area contributed by atoms with Gasteiger partial charge in [0.1, 0.15) is 0 Å². The molecule has 0 amide bonds. The minimum atomic E-state index is -5.28. The zero-order chi connectivity index (χ0) is 14.4. The predicted molar refractivity (Wildman–Crippen MR) is 55.4 cm³/mol. The van der Waals surface area contributed by atoms with E-state index in [2.05, 4.69) is 4.74 Å². The summed E-state index contributed by atoms with van der Waals surface area (Å²) in [6.07, 6.45) is -3.97. The predicted octanol–water partition coefficient (Wildman–Crippen LogP) is 3.33. The van der Waals surface area contributed by atoms with E-state index in [1.165, 1.54) is 0 Å². The molecule has 19 heavy (non-hydrogen) atoms. The van der Waals surface area contributed by atoms with Gasteiger partial charge in [0.25, 0.3) is 12.0 Å². The van der Waals surface area contributed by atoms with Crippen LogP contribution in [0.25, 0.3) is 0 Å². The van der Waals surface area contributed by atoms with Crippen LogP contribution in [-0.2, 0) is 9.53 Å². The van der Waals surface area contributed by atoms with Gasteiger partial charge < -0.3 is 4.74 Å². The number of allylic oxidation sites excluding steroid dienone is 2. The van der Waals surface area contributed by atoms with Crippen LogP contribution in [0.3, 0.4) is 0 Å². The topological polar surface area (TPSA) is 26.3 Å². The molecule has 4 unspecified atom stereocenters. The Morgan fingerprint density at radius 3 is 2.21 bits per heavy atom. The van der Waals surface area contributed by atoms with Gasteiger partial charge >= 0.3 is 12.1 Å². The maximum atomic E-state index is 12.9. The monoisotopic (exact) mass is 284 g/mol. The van der Waals surface area contributed by atoms with E-state index in [0.717, 1.165) is 0 Å². The van der Waals surface area contributed by atoms with Crippen molar-refractivity contribution in [3.05, 3.63) is 12.2 Å². The number of hydrogen-bond acceptors (Lipinski definition) is 2. The summed E-state index contributed by atoms with van der Waals surface area (Å²) < 4.78 is 67.3. The molecule has 108 valence electrons. The number of carbonyl (C=O) groups excluding carboxylic acids is 1. The van der Waals surface area contributed by atoms with Crippen LogP contribution in [0, 0.1) is 17.8 Å². The summed E-state index contributed by atoms with van der Waals surface area (Å²) in [4.78, 5) is 11.6. The SMILES string of the molecule is CC(F)(F)C(OC(=O)C1CC2C=CC1C2)C(F)(F)F. The molecule has 0 aromatic carbocycles. The Labute approximate surface area is 106 Å². The Balaban J connectivity index is 2.06. The molecule has 0 aliphatic heterocycles. The minimum absolute atomic E-state index is 0.0964. The van der Waals surface area contributed by atoms with E-state index in [4.69, 9.17) is 0 Å². The number of esters is 1. The van der Waals surface area contributed by atoms with Crippen LogP contribution >= 0.6 is 0 Å². The first kappa shape index (κ1) is 14.3. The Morgan fingerprint density at radius 1 is 1.21 bits per heavy atom. The van der Waals surface area contributed by atoms with Gasteiger partial charge in [0, 0.05) is 6.92 Å². The van der Waals surface area contributed by atoms with Crippen LogP contribution in [-0.4, -0.2) is 24.2 Å². The van der Waals surface area contributed by atoms with Crippen molar-refractivity contribution in [3.63, 3.8) is 0 Å². The molecule has 2 nitrogen and oxygen atoms in total. The maximum absolute atomic E-state index is 12.9. The molecule has 0 aromatic rings. The van der Waals surface area contributed by atoms with Gasteiger partial charge in [-0.3, -0.25) is 4.79 Å². The molecular formula is C12H13F5O2. The molecule has 2 bridgehead atoms. The van der Waals surface area contributed by atoms with Crippen molar-refractivity contribution in [2.75, 3.05) is 0 Å². The first-order valence-corrected chi connectivity index (χ1v) is 5.92. The molecule has 0 spiro atoms. The third-order valence-electron chi connectivity index (χ3n) is 3.57. The Bertz CT molecular complexity index is 382. The van der Waals surface area contributed by atoms with Gasteiger partial charge in [-0.05, 0) is 24.7 Å². The fraction of sp³-hybridized carbons (Fsp3) is 0.750. The molecule has 7 heteroatoms. The molecule has 1 fully saturated rings. The number of alkyl halides is 5. The molecule has 1 saturated carbocycles. The van der Waals surface area contributed by atoms with Crippen LogP contribution in [0.15, 0.2) is 12.2 Å². The van der Waals surface area contributed by atoms with Crippen LogP contribution in [0.1, 0.15) is 19.8 Å². The van der Waals surface area contributed by atoms with Crippen molar-refractivity contribution in [1.82, 2.24) is 0 Å². The summed E-state index contributed by atoms with van der Waals surface area (Å²) in [5.74, 6) is -6.10. The number of hydrogen-bond donors (Lipinski definition) is 0. The molecule has 2 rings (SSSR count). The number of rotatable bonds is 3. The van der Waals surface area contributed by atoms with Crippen molar-refractivity contribution in [1.29, 1.82) is 0 Å². The van der Waals surface area contributed by atoms with E-state index in [-0.39, 0.29) is 18.8 Å². The lowest BCUT2D eigenvalue weighted by atomic mass is 9.94. The van der Waals surface area contributed by atoms with E-state index in [1.807, 2.05) is 6.08 Å². The fourth-order valence-electron chi connectivity index (χ4n) is 2.71. The lowest BCUT2D eigenvalue weighted by molar-refractivity contribution is -0.274. The molecule has 0 saturated heterocycles. The Hall–Kier alpha value is -1.14. The summed E-state index contributed by atoms with van der Waals surface area (Å²) in [7, 11) is 0. The second-order valence-corrected chi connectivity index (χ2v) is 5.20. The number of fused-ring (bicyclic) bond motifs is 2. The van der Waals surface area contributed by atoms with Gasteiger partial charge in [-0.25, -0.2) is 8.78 Å². The third kappa shape index (κ3) is 2.90. The van der Waals surface area contributed by atoms with Gasteiger partial charge in [-0.2, -0.15) is 13.2 Å². The summed E-state index contributed by atoms with van der Waals surface area (Å²) in [6.45, 7) is 0.0964. The highest BCUT2D eigenvalue weighted by molar-refractivity contribution is 5.74. The first-order chi connectivity index (χ1) is 8.59. The zero-order valence-corrected chi connectivity index (χ0v) is 10.1. The molecule has 0 radical (unpaired) electrons. The van der Waals surface area contributed by atoms with Crippen molar-refractivity contribution in [2.45, 2.75) is 38.0 Å². The normalized spacial score (nSPS) is 31.6. The number of halogens is 5. The fourth-order valence-corrected chi connectivity index (χ4v) is 2.71. The van der Waals surface area contributed by atoms with E-state index < -0.39 is 30.1 Å². The van der Waals surface area contributed by atoms with E-state index in [9.17, 15) is 26.7 Å². The van der Waals surface area contributed by atoms with Gasteiger partial charge in [0.2, 0.25) is 0 Å². The van der Waals surface area contributed by atoms with Gasteiger partial charge in [-0.15, -0.1) is 0 Å². The Kier molecular flexibility index (Phi) is 3.35. The number of carbonyl (C=O) groups is 1. The Morgan fingerprint density at radius 2 is 1.84 bits per heavy atom. The summed E-state index contributed by atoms with van der Waals surface area (Å²) in [5.41, 5.74) is 0. The van der Waals surface area contributed by atoms with Crippen molar-refractivity contribution < 1.29 is 31.5 Å². The smallest absolute Gasteiger partial charge is 0.431 e. The second-order valence-electron chi connectivity index (χ2n) is 5.20. The molecule has 2 aliphatic carbocycles. The van der Waals surface area contributed by atoms with Crippen LogP contribution in [0.5, 0.6) is 0 Å². The quantitative estimate of drug-likeness (QED) is 0.451. The molecule has 2 aliphatic rings. The second kappa shape index (κ2) is 4.45. The van der Waals surface area contributed by atoms with Gasteiger partial charge in [0.05, 0.1) is 5.92 Å². The highest BCUT2D eigenvalue weighted by Crippen LogP contribution is 2.45. The van der Waals surface area contributed by atoms with E-state index in [1.54, 1.807) is 6.08 Å². The minimum Gasteiger partial charge on any atom is -0.446 e. The van der Waals surface area contributed by atoms with Gasteiger partial charge in [0.15, 0.2) is 0 Å². The van der Waals surface area contributed by atoms with Gasteiger partial charge in [-0.1, -0.05) is 12.2 Å². The molecule has 4 atom stereocenters. The zero-order valence-electron chi connectivity index (χ0n) is 10.1. The average molecular weight is 284 g/mol. The molecule has 0 aromatic heterocycles. The average Bonchev–Trinajstić information content (AvgIpc) is 2.83. The molecule has 0 N–H and O–H groups in total. The van der Waals surface area contributed by atoms with E-state index >= 15 is 0 Å². The largest absolute Gasteiger partial charge is 0.446 e. The van der Waals surface area contributed by atoms with Crippen molar-refractivity contribution in [2.24, 2.45) is 17.8 Å². The van der Waals surface area contributed by atoms with Crippen molar-refractivity contribution >= 4 is 5.97 Å². The van der Waals surface area contributed by atoms with E-state index in [0.29, 0.717) is 12.8 Å². The summed E-state index contributed by atoms with van der Waals surface area (Å²) >= 11 is 0. The summed E-state index contributed by atoms with van der Waals surface area (Å²) in [5, 5.41) is 0. The highest BCUT2D eigenvalue weighted by Gasteiger charge is 2.57. The van der Waals surface area contributed by atoms with Crippen molar-refractivity contribution in [3.8, 4) is 0 Å². The first-order valence-electron chi connectivity index (χ1n) is 5.92. The molecule has 0 heterocycles. The third-order valence-corrected chi connectivity index (χ3v) is 3.57. The maximum Gasteiger partial charge on any atom is 0.431 e. The summed E-state index contributed by atoms with van der Waals surface area (Å²) in [6, 6.07) is 0. The molecular weight excluding hydrogens is 271 g/mol. The van der Waals surface area contributed by atoms with Crippen LogP contribution in [0.2, 0.25) is 0 Å². The van der Waals surface area contributed by atoms with Crippen LogP contribution < -0.4 is 0 Å². The number of ether oxygens (including phenoxy) is 1. The lowest BCUT2D eigenvalue weighted by Crippen LogP contribution is -2.47.